The number of thioether (sulfide) groups is 1. The van der Waals surface area contributed by atoms with Crippen molar-refractivity contribution in [3.63, 3.8) is 0 Å². The van der Waals surface area contributed by atoms with Crippen LogP contribution >= 0.6 is 11.8 Å². The third-order valence-corrected chi connectivity index (χ3v) is 3.60. The Morgan fingerprint density at radius 1 is 1.00 bits per heavy atom. The molecular weight excluding hydrogens is 128 g/mol. The van der Waals surface area contributed by atoms with Gasteiger partial charge in [-0.05, 0) is 25.7 Å². The molecule has 0 aromatic rings. The molecular formula is C8H12S. The summed E-state index contributed by atoms with van der Waals surface area (Å²) in [6.07, 6.45) is 10.2. The molecule has 0 N–H and O–H groups in total. The van der Waals surface area contributed by atoms with E-state index in [2.05, 4.69) is 23.9 Å². The SMILES string of the molecule is C1=CCCC2SC2CC1. The first-order valence-corrected chi connectivity index (χ1v) is 4.71. The Morgan fingerprint density at radius 2 is 1.56 bits per heavy atom. The Labute approximate surface area is 60.7 Å². The van der Waals surface area contributed by atoms with E-state index in [0.29, 0.717) is 0 Å². The number of hydrogen-bond donors (Lipinski definition) is 0. The second kappa shape index (κ2) is 2.37. The lowest BCUT2D eigenvalue weighted by molar-refractivity contribution is 0.731. The van der Waals surface area contributed by atoms with Crippen LogP contribution in [0, 0.1) is 0 Å². The lowest BCUT2D eigenvalue weighted by atomic mass is 10.1. The van der Waals surface area contributed by atoms with Gasteiger partial charge in [0.25, 0.3) is 0 Å². The molecule has 0 radical (unpaired) electrons. The van der Waals surface area contributed by atoms with Gasteiger partial charge in [0.2, 0.25) is 0 Å². The van der Waals surface area contributed by atoms with Crippen LogP contribution in [0.4, 0.5) is 0 Å². The van der Waals surface area contributed by atoms with Crippen molar-refractivity contribution in [3.8, 4) is 0 Å². The van der Waals surface area contributed by atoms with Gasteiger partial charge in [0.05, 0.1) is 0 Å². The summed E-state index contributed by atoms with van der Waals surface area (Å²) in [5, 5.41) is 2.10. The van der Waals surface area contributed by atoms with Crippen LogP contribution in [0.1, 0.15) is 25.7 Å². The van der Waals surface area contributed by atoms with Crippen LogP contribution in [0.2, 0.25) is 0 Å². The molecule has 2 unspecified atom stereocenters. The van der Waals surface area contributed by atoms with Crippen molar-refractivity contribution >= 4 is 11.8 Å². The van der Waals surface area contributed by atoms with Crippen LogP contribution in [-0.4, -0.2) is 10.5 Å². The highest BCUT2D eigenvalue weighted by molar-refractivity contribution is 8.07. The summed E-state index contributed by atoms with van der Waals surface area (Å²) in [4.78, 5) is 0. The molecule has 0 saturated carbocycles. The van der Waals surface area contributed by atoms with Gasteiger partial charge in [-0.2, -0.15) is 11.8 Å². The molecule has 0 amide bonds. The predicted molar refractivity (Wildman–Crippen MR) is 42.8 cm³/mol. The topological polar surface area (TPSA) is 0 Å². The van der Waals surface area contributed by atoms with Crippen LogP contribution in [0.15, 0.2) is 12.2 Å². The minimum atomic E-state index is 1.05. The van der Waals surface area contributed by atoms with Gasteiger partial charge in [-0.15, -0.1) is 0 Å². The Balaban J connectivity index is 1.91. The molecule has 0 aromatic heterocycles. The standard InChI is InChI=1S/C8H12S/c1-2-4-6-8-7(9-8)5-3-1/h1-2,7-8H,3-6H2. The van der Waals surface area contributed by atoms with E-state index < -0.39 is 0 Å². The summed E-state index contributed by atoms with van der Waals surface area (Å²) >= 11 is 2.19. The molecule has 0 nitrogen and oxygen atoms in total. The Bertz CT molecular complexity index is 115. The average Bonchev–Trinajstić information content (AvgIpc) is 2.46. The molecule has 2 aliphatic rings. The van der Waals surface area contributed by atoms with Gasteiger partial charge in [0.15, 0.2) is 0 Å². The summed E-state index contributed by atoms with van der Waals surface area (Å²) in [7, 11) is 0. The fraction of sp³-hybridized carbons (Fsp3) is 0.750. The minimum Gasteiger partial charge on any atom is -0.153 e. The van der Waals surface area contributed by atoms with Crippen molar-refractivity contribution in [1.29, 1.82) is 0 Å². The van der Waals surface area contributed by atoms with E-state index in [1.807, 2.05) is 0 Å². The van der Waals surface area contributed by atoms with Crippen LogP contribution < -0.4 is 0 Å². The average molecular weight is 140 g/mol. The molecule has 1 saturated heterocycles. The van der Waals surface area contributed by atoms with E-state index in [4.69, 9.17) is 0 Å². The molecule has 1 heterocycles. The lowest BCUT2D eigenvalue weighted by Gasteiger charge is -1.97. The second-order valence-corrected chi connectivity index (χ2v) is 4.32. The van der Waals surface area contributed by atoms with Crippen LogP contribution in [0.3, 0.4) is 0 Å². The van der Waals surface area contributed by atoms with Crippen molar-refractivity contribution in [1.82, 2.24) is 0 Å². The van der Waals surface area contributed by atoms with Crippen molar-refractivity contribution in [2.24, 2.45) is 0 Å². The maximum atomic E-state index is 2.34. The molecule has 1 fully saturated rings. The zero-order valence-electron chi connectivity index (χ0n) is 5.55. The molecule has 0 spiro atoms. The van der Waals surface area contributed by atoms with Crippen molar-refractivity contribution < 1.29 is 0 Å². The molecule has 9 heavy (non-hydrogen) atoms. The molecule has 50 valence electrons. The van der Waals surface area contributed by atoms with Gasteiger partial charge < -0.3 is 0 Å². The highest BCUT2D eigenvalue weighted by Gasteiger charge is 2.36. The van der Waals surface area contributed by atoms with Gasteiger partial charge in [-0.3, -0.25) is 0 Å². The van der Waals surface area contributed by atoms with Crippen LogP contribution in [-0.2, 0) is 0 Å². The molecule has 2 atom stereocenters. The molecule has 2 rings (SSSR count). The lowest BCUT2D eigenvalue weighted by Crippen LogP contribution is -1.94. The van der Waals surface area contributed by atoms with Crippen LogP contribution in [0.5, 0.6) is 0 Å². The number of allylic oxidation sites excluding steroid dienone is 2. The molecule has 1 aliphatic carbocycles. The third-order valence-electron chi connectivity index (χ3n) is 2.09. The van der Waals surface area contributed by atoms with Gasteiger partial charge in [-0.1, -0.05) is 12.2 Å². The predicted octanol–water partition coefficient (Wildman–Crippen LogP) is 2.60. The Kier molecular flexibility index (Phi) is 1.54. The normalized spacial score (nSPS) is 40.9. The highest BCUT2D eigenvalue weighted by Crippen LogP contribution is 2.47. The molecule has 0 bridgehead atoms. The summed E-state index contributed by atoms with van der Waals surface area (Å²) in [6, 6.07) is 0. The van der Waals surface area contributed by atoms with Gasteiger partial charge in [0.1, 0.15) is 0 Å². The maximum absolute atomic E-state index is 2.34. The maximum Gasteiger partial charge on any atom is 0.0172 e. The van der Waals surface area contributed by atoms with E-state index in [0.717, 1.165) is 10.5 Å². The summed E-state index contributed by atoms with van der Waals surface area (Å²) in [5.41, 5.74) is 0. The highest BCUT2D eigenvalue weighted by atomic mass is 32.2. The zero-order valence-corrected chi connectivity index (χ0v) is 6.36. The zero-order chi connectivity index (χ0) is 6.10. The fourth-order valence-corrected chi connectivity index (χ4v) is 2.62. The van der Waals surface area contributed by atoms with E-state index in [1.54, 1.807) is 0 Å². The molecule has 0 aromatic carbocycles. The van der Waals surface area contributed by atoms with Gasteiger partial charge >= 0.3 is 0 Å². The molecule has 1 aliphatic heterocycles. The Hall–Kier alpha value is 0.0900. The fourth-order valence-electron chi connectivity index (χ4n) is 1.44. The summed E-state index contributed by atoms with van der Waals surface area (Å²) < 4.78 is 0. The number of fused-ring (bicyclic) bond motifs is 1. The summed E-state index contributed by atoms with van der Waals surface area (Å²) in [5.74, 6) is 0. The van der Waals surface area contributed by atoms with E-state index >= 15 is 0 Å². The largest absolute Gasteiger partial charge is 0.153 e. The number of rotatable bonds is 0. The van der Waals surface area contributed by atoms with Gasteiger partial charge in [-0.25, -0.2) is 0 Å². The Morgan fingerprint density at radius 3 is 2.11 bits per heavy atom. The summed E-state index contributed by atoms with van der Waals surface area (Å²) in [6.45, 7) is 0. The van der Waals surface area contributed by atoms with E-state index in [1.165, 1.54) is 25.7 Å². The number of hydrogen-bond acceptors (Lipinski definition) is 1. The van der Waals surface area contributed by atoms with Gasteiger partial charge in [0, 0.05) is 10.5 Å². The van der Waals surface area contributed by atoms with E-state index in [9.17, 15) is 0 Å². The van der Waals surface area contributed by atoms with Crippen molar-refractivity contribution in [3.05, 3.63) is 12.2 Å². The third kappa shape index (κ3) is 1.32. The van der Waals surface area contributed by atoms with Crippen LogP contribution in [0.25, 0.3) is 0 Å². The second-order valence-electron chi connectivity index (χ2n) is 2.84. The first kappa shape index (κ1) is 5.84. The smallest absolute Gasteiger partial charge is 0.0172 e. The van der Waals surface area contributed by atoms with Crippen molar-refractivity contribution in [2.45, 2.75) is 36.2 Å². The monoisotopic (exact) mass is 140 g/mol. The first-order valence-electron chi connectivity index (χ1n) is 3.77. The first-order chi connectivity index (χ1) is 4.47. The van der Waals surface area contributed by atoms with E-state index in [-0.39, 0.29) is 0 Å². The van der Waals surface area contributed by atoms with Crippen molar-refractivity contribution in [2.75, 3.05) is 0 Å². The quantitative estimate of drug-likeness (QED) is 0.368. The molecule has 1 heteroatoms. The minimum absolute atomic E-state index is 1.05.